The van der Waals surface area contributed by atoms with Crippen LogP contribution in [0.4, 0.5) is 0 Å². The molecule has 7 heteroatoms. The second-order valence-corrected chi connectivity index (χ2v) is 2.18. The summed E-state index contributed by atoms with van der Waals surface area (Å²) in [6, 6.07) is 0. The van der Waals surface area contributed by atoms with Gasteiger partial charge < -0.3 is 0 Å². The van der Waals surface area contributed by atoms with Gasteiger partial charge in [-0.3, -0.25) is 15.4 Å². The molecule has 1 unspecified atom stereocenters. The molecule has 3 N–H and O–H groups in total. The number of dihydropyridines is 1. The quantitative estimate of drug-likeness (QED) is 0.318. The first-order chi connectivity index (χ1) is 5.60. The van der Waals surface area contributed by atoms with Crippen molar-refractivity contribution in [3.63, 3.8) is 0 Å². The molecule has 0 spiro atoms. The molecule has 0 amide bonds. The van der Waals surface area contributed by atoms with Crippen molar-refractivity contribution in [1.29, 1.82) is 5.39 Å². The van der Waals surface area contributed by atoms with Crippen LogP contribution in [0.3, 0.4) is 0 Å². The van der Waals surface area contributed by atoms with Crippen molar-refractivity contribution in [3.8, 4) is 0 Å². The Morgan fingerprint density at radius 3 is 2.92 bits per heavy atom. The van der Waals surface area contributed by atoms with Crippen molar-refractivity contribution in [2.45, 2.75) is 5.79 Å². The van der Waals surface area contributed by atoms with Gasteiger partial charge in [-0.1, -0.05) is 0 Å². The summed E-state index contributed by atoms with van der Waals surface area (Å²) in [6.45, 7) is 0. The van der Waals surface area contributed by atoms with Crippen molar-refractivity contribution in [2.75, 3.05) is 0 Å². The lowest BCUT2D eigenvalue weighted by molar-refractivity contribution is -0.434. The van der Waals surface area contributed by atoms with Gasteiger partial charge in [-0.05, 0) is 6.08 Å². The normalized spacial score (nSPS) is 26.8. The minimum atomic E-state index is -1.84. The zero-order valence-corrected chi connectivity index (χ0v) is 5.97. The van der Waals surface area contributed by atoms with Crippen molar-refractivity contribution in [2.24, 2.45) is 5.73 Å². The Labute approximate surface area is 67.3 Å². The van der Waals surface area contributed by atoms with Gasteiger partial charge in [0.1, 0.15) is 0 Å². The third kappa shape index (κ3) is 1.11. The summed E-state index contributed by atoms with van der Waals surface area (Å²) in [5.41, 5.74) is 4.90. The van der Waals surface area contributed by atoms with E-state index in [0.29, 0.717) is 0 Å². The van der Waals surface area contributed by atoms with Crippen molar-refractivity contribution in [3.05, 3.63) is 39.1 Å². The minimum Gasteiger partial charge on any atom is -0.291 e. The van der Waals surface area contributed by atoms with Gasteiger partial charge in [0, 0.05) is 12.3 Å². The molecule has 0 radical (unpaired) electrons. The van der Waals surface area contributed by atoms with Crippen molar-refractivity contribution in [1.82, 2.24) is 5.32 Å². The van der Waals surface area contributed by atoms with E-state index in [0.717, 1.165) is 6.08 Å². The zero-order chi connectivity index (χ0) is 9.19. The number of hydrogen-bond donors (Lipinski definition) is 2. The van der Waals surface area contributed by atoms with Crippen molar-refractivity contribution < 1.29 is 4.92 Å². The molecule has 12 heavy (non-hydrogen) atoms. The van der Waals surface area contributed by atoms with Gasteiger partial charge in [0.25, 0.3) is 0 Å². The fourth-order valence-corrected chi connectivity index (χ4v) is 0.796. The first kappa shape index (κ1) is 8.16. The maximum atomic E-state index is 10.3. The molecule has 1 aliphatic rings. The lowest BCUT2D eigenvalue weighted by atomic mass is 10.2. The highest BCUT2D eigenvalue weighted by Crippen LogP contribution is 2.16. The number of nitrogens with two attached hydrogens (primary N) is 1. The summed E-state index contributed by atoms with van der Waals surface area (Å²) in [5, 5.41) is 21.1. The number of rotatable bonds is 1. The maximum absolute atomic E-state index is 10.3. The molecule has 0 bridgehead atoms. The number of hydrogen-bond acceptors (Lipinski definition) is 5. The van der Waals surface area contributed by atoms with Crippen molar-refractivity contribution >= 4 is 0 Å². The van der Waals surface area contributed by atoms with E-state index in [1.54, 1.807) is 0 Å². The predicted molar refractivity (Wildman–Crippen MR) is 39.4 cm³/mol. The molecule has 0 aromatic heterocycles. The average molecular weight is 168 g/mol. The second kappa shape index (κ2) is 2.60. The maximum Gasteiger partial charge on any atom is 0.542 e. The highest BCUT2D eigenvalue weighted by Gasteiger charge is 2.53. The minimum absolute atomic E-state index is 0.410. The molecule has 62 valence electrons. The molecule has 0 aromatic rings. The van der Waals surface area contributed by atoms with Crippen LogP contribution in [-0.4, -0.2) is 10.7 Å². The number of nitrogens with zero attached hydrogens (tertiary/aromatic N) is 3. The Balaban J connectivity index is 3.09. The lowest BCUT2D eigenvalue weighted by Crippen LogP contribution is -2.52. The van der Waals surface area contributed by atoms with E-state index in [4.69, 9.17) is 11.1 Å². The number of allylic oxidation sites excluding steroid dienone is 2. The van der Waals surface area contributed by atoms with E-state index in [1.807, 2.05) is 0 Å². The highest BCUT2D eigenvalue weighted by atomic mass is 16.6. The number of diazo groups is 1. The fraction of sp³-hybridized carbons (Fsp3) is 0.200. The molecule has 0 saturated heterocycles. The zero-order valence-electron chi connectivity index (χ0n) is 5.97. The fourth-order valence-electron chi connectivity index (χ4n) is 0.796. The highest BCUT2D eigenvalue weighted by molar-refractivity contribution is 5.25. The van der Waals surface area contributed by atoms with E-state index in [9.17, 15) is 10.1 Å². The summed E-state index contributed by atoms with van der Waals surface area (Å²) in [7, 11) is 0. The Kier molecular flexibility index (Phi) is 1.76. The Morgan fingerprint density at radius 2 is 2.50 bits per heavy atom. The van der Waals surface area contributed by atoms with Crippen LogP contribution in [-0.2, 0) is 0 Å². The van der Waals surface area contributed by atoms with Crippen LogP contribution in [0.1, 0.15) is 0 Å². The lowest BCUT2D eigenvalue weighted by Gasteiger charge is -2.09. The summed E-state index contributed by atoms with van der Waals surface area (Å²) in [5.74, 6) is -1.84. The van der Waals surface area contributed by atoms with Crippen LogP contribution in [0.5, 0.6) is 0 Å². The summed E-state index contributed by atoms with van der Waals surface area (Å²) >= 11 is 0. The number of nitrogens with one attached hydrogen (secondary N) is 1. The van der Waals surface area contributed by atoms with Gasteiger partial charge in [0.05, 0.1) is 4.92 Å². The first-order valence-electron chi connectivity index (χ1n) is 3.05. The molecule has 1 atom stereocenters. The smallest absolute Gasteiger partial charge is 0.291 e. The first-order valence-corrected chi connectivity index (χ1v) is 3.05. The third-order valence-electron chi connectivity index (χ3n) is 1.40. The molecule has 1 rings (SSSR count). The van der Waals surface area contributed by atoms with Crippen LogP contribution >= 0.6 is 0 Å². The molecule has 0 saturated carbocycles. The third-order valence-corrected chi connectivity index (χ3v) is 1.40. The van der Waals surface area contributed by atoms with Gasteiger partial charge in [-0.15, -0.1) is 0 Å². The number of nitro groups is 1. The Morgan fingerprint density at radius 1 is 1.83 bits per heavy atom. The summed E-state index contributed by atoms with van der Waals surface area (Å²) in [6.07, 6.45) is 3.91. The molecule has 0 fully saturated rings. The SMILES string of the molecule is N#[N+]C1(N)NC=CC=C1[N+](=O)[O-]. The van der Waals surface area contributed by atoms with E-state index in [1.165, 1.54) is 12.3 Å². The van der Waals surface area contributed by atoms with Crippen LogP contribution in [0, 0.1) is 15.5 Å². The Bertz CT molecular complexity index is 314. The van der Waals surface area contributed by atoms with Gasteiger partial charge in [0.15, 0.2) is 4.98 Å². The van der Waals surface area contributed by atoms with Gasteiger partial charge in [-0.2, -0.15) is 0 Å². The topological polar surface area (TPSA) is 109 Å². The second-order valence-electron chi connectivity index (χ2n) is 2.18. The van der Waals surface area contributed by atoms with Crippen LogP contribution in [0.15, 0.2) is 24.0 Å². The molecular formula is C5H6N5O2+. The van der Waals surface area contributed by atoms with Crippen LogP contribution in [0.25, 0.3) is 4.98 Å². The molecule has 7 nitrogen and oxygen atoms in total. The summed E-state index contributed by atoms with van der Waals surface area (Å²) in [4.78, 5) is 12.3. The standard InChI is InChI=1S/C5H6N5O2/c6-5(9-7)4(10(11)12)2-1-3-8-5/h1-3,8H,6H2/q+1. The molecular weight excluding hydrogens is 162 g/mol. The van der Waals surface area contributed by atoms with E-state index >= 15 is 0 Å². The Hall–Kier alpha value is -1.94. The molecule has 1 aliphatic heterocycles. The molecule has 1 heterocycles. The van der Waals surface area contributed by atoms with Gasteiger partial charge in [0.2, 0.25) is 5.39 Å². The monoisotopic (exact) mass is 168 g/mol. The summed E-state index contributed by atoms with van der Waals surface area (Å²) < 4.78 is 0. The van der Waals surface area contributed by atoms with Crippen LogP contribution < -0.4 is 11.1 Å². The average Bonchev–Trinajstić information content (AvgIpc) is 2.05. The van der Waals surface area contributed by atoms with E-state index < -0.39 is 16.4 Å². The van der Waals surface area contributed by atoms with Gasteiger partial charge >= 0.3 is 11.5 Å². The van der Waals surface area contributed by atoms with Crippen LogP contribution in [0.2, 0.25) is 0 Å². The van der Waals surface area contributed by atoms with E-state index in [-0.39, 0.29) is 0 Å². The van der Waals surface area contributed by atoms with E-state index in [2.05, 4.69) is 10.3 Å². The molecule has 0 aliphatic carbocycles. The predicted octanol–water partition coefficient (Wildman–Crippen LogP) is -0.271. The van der Waals surface area contributed by atoms with Gasteiger partial charge in [-0.25, -0.2) is 5.73 Å². The molecule has 0 aromatic carbocycles. The largest absolute Gasteiger partial charge is 0.542 e.